The highest BCUT2D eigenvalue weighted by molar-refractivity contribution is 8.00. The summed E-state index contributed by atoms with van der Waals surface area (Å²) in [7, 11) is 0. The molecule has 0 saturated heterocycles. The van der Waals surface area contributed by atoms with Crippen molar-refractivity contribution in [2.75, 3.05) is 0 Å². The fraction of sp³-hybridized carbons (Fsp3) is 0.489. The van der Waals surface area contributed by atoms with Gasteiger partial charge in [0.1, 0.15) is 0 Å². The number of Topliss-reactive ketones (excluding diaryl/α,β-unsaturated/α-hetero) is 2. The fourth-order valence-corrected chi connectivity index (χ4v) is 7.14. The first-order valence-corrected chi connectivity index (χ1v) is 19.8. The van der Waals surface area contributed by atoms with E-state index in [0.29, 0.717) is 33.9 Å². The van der Waals surface area contributed by atoms with E-state index < -0.39 is 0 Å². The summed E-state index contributed by atoms with van der Waals surface area (Å²) in [5, 5.41) is 0.567. The number of allylic oxidation sites excluding steroid dienone is 9. The molecular formula is C47H68O2S. The summed E-state index contributed by atoms with van der Waals surface area (Å²) in [5.41, 5.74) is 6.81. The van der Waals surface area contributed by atoms with Crippen LogP contribution in [0.5, 0.6) is 0 Å². The van der Waals surface area contributed by atoms with Crippen LogP contribution in [0.2, 0.25) is 0 Å². The van der Waals surface area contributed by atoms with Gasteiger partial charge in [-0.3, -0.25) is 9.59 Å². The van der Waals surface area contributed by atoms with Crippen molar-refractivity contribution in [1.82, 2.24) is 0 Å². The molecule has 2 nitrogen and oxygen atoms in total. The molecule has 2 aromatic carbocycles. The first kappa shape index (κ1) is 44.9. The third-order valence-electron chi connectivity index (χ3n) is 10.5. The van der Waals surface area contributed by atoms with Gasteiger partial charge in [-0.05, 0) is 116 Å². The topological polar surface area (TPSA) is 34.1 Å². The van der Waals surface area contributed by atoms with Crippen molar-refractivity contribution in [2.45, 2.75) is 145 Å². The Morgan fingerprint density at radius 3 is 1.72 bits per heavy atom. The monoisotopic (exact) mass is 696 g/mol. The van der Waals surface area contributed by atoms with Gasteiger partial charge in [0.15, 0.2) is 11.6 Å². The summed E-state index contributed by atoms with van der Waals surface area (Å²) in [6.07, 6.45) is 18.5. The molecule has 50 heavy (non-hydrogen) atoms. The van der Waals surface area contributed by atoms with Gasteiger partial charge < -0.3 is 0 Å². The molecule has 0 heterocycles. The maximum Gasteiger partial charge on any atom is 0.190 e. The zero-order valence-electron chi connectivity index (χ0n) is 33.8. The molecule has 0 fully saturated rings. The molecule has 0 aliphatic heterocycles. The summed E-state index contributed by atoms with van der Waals surface area (Å²) in [6.45, 7) is 28.2. The van der Waals surface area contributed by atoms with Crippen molar-refractivity contribution in [3.8, 4) is 0 Å². The number of hydrogen-bond donors (Lipinski definition) is 0. The number of thioether (sulfide) groups is 1. The molecule has 3 heteroatoms. The molecule has 274 valence electrons. The average molecular weight is 697 g/mol. The number of rotatable bonds is 15. The molecule has 1 aliphatic carbocycles. The largest absolute Gasteiger partial charge is 0.289 e. The Bertz CT molecular complexity index is 1520. The molecule has 3 atom stereocenters. The van der Waals surface area contributed by atoms with Crippen molar-refractivity contribution in [1.29, 1.82) is 0 Å². The van der Waals surface area contributed by atoms with E-state index in [2.05, 4.69) is 124 Å². The molecule has 0 aromatic heterocycles. The van der Waals surface area contributed by atoms with Crippen molar-refractivity contribution < 1.29 is 9.59 Å². The minimum atomic E-state index is -0.0197. The second-order valence-electron chi connectivity index (χ2n) is 14.1. The Labute approximate surface area is 311 Å². The zero-order chi connectivity index (χ0) is 37.9. The lowest BCUT2D eigenvalue weighted by Gasteiger charge is -2.32. The molecule has 0 bridgehead atoms. The van der Waals surface area contributed by atoms with Crippen LogP contribution in [0.4, 0.5) is 0 Å². The van der Waals surface area contributed by atoms with Crippen molar-refractivity contribution in [2.24, 2.45) is 10.8 Å². The highest BCUT2D eigenvalue weighted by atomic mass is 32.2. The second-order valence-corrected chi connectivity index (χ2v) is 15.6. The Morgan fingerprint density at radius 2 is 1.22 bits per heavy atom. The Balaban J connectivity index is 0.000000745. The summed E-state index contributed by atoms with van der Waals surface area (Å²) in [4.78, 5) is 27.3. The van der Waals surface area contributed by atoms with Crippen molar-refractivity contribution in [3.05, 3.63) is 124 Å². The van der Waals surface area contributed by atoms with Gasteiger partial charge in [0, 0.05) is 32.4 Å². The van der Waals surface area contributed by atoms with Crippen LogP contribution in [0.15, 0.2) is 118 Å². The van der Waals surface area contributed by atoms with E-state index in [1.807, 2.05) is 43.8 Å². The summed E-state index contributed by atoms with van der Waals surface area (Å²) >= 11 is 1.88. The van der Waals surface area contributed by atoms with Crippen LogP contribution < -0.4 is 0 Å². The molecule has 0 saturated carbocycles. The van der Waals surface area contributed by atoms with E-state index in [1.165, 1.54) is 28.0 Å². The minimum absolute atomic E-state index is 0.00419. The van der Waals surface area contributed by atoms with Gasteiger partial charge in [-0.2, -0.15) is 0 Å². The van der Waals surface area contributed by atoms with Crippen LogP contribution in [0.25, 0.3) is 0 Å². The van der Waals surface area contributed by atoms with Gasteiger partial charge in [0.05, 0.1) is 0 Å². The molecule has 3 unspecified atom stereocenters. The normalized spacial score (nSPS) is 16.3. The van der Waals surface area contributed by atoms with Gasteiger partial charge in [0.2, 0.25) is 0 Å². The smallest absolute Gasteiger partial charge is 0.190 e. The van der Waals surface area contributed by atoms with Crippen LogP contribution in [0.1, 0.15) is 156 Å². The SMILES string of the molecule is C/C=C/C(C)Sc1ccccc1.CC.CCC(C)(CCC=C(C)C)/C(C)=C/CCC(C)(CC)/C(C)=C/CC1=C(C)C(=O)c2ccccc2C1=O. The molecule has 0 spiro atoms. The first-order valence-electron chi connectivity index (χ1n) is 18.9. The molecule has 0 radical (unpaired) electrons. The van der Waals surface area contributed by atoms with Crippen molar-refractivity contribution >= 4 is 23.3 Å². The summed E-state index contributed by atoms with van der Waals surface area (Å²) in [5.74, 6) is -0.0239. The lowest BCUT2D eigenvalue weighted by molar-refractivity contribution is 0.0973. The molecule has 1 aliphatic rings. The third kappa shape index (κ3) is 13.5. The Morgan fingerprint density at radius 1 is 0.740 bits per heavy atom. The number of fused-ring (bicyclic) bond motifs is 1. The van der Waals surface area contributed by atoms with Gasteiger partial charge in [-0.25, -0.2) is 0 Å². The Hall–Kier alpha value is -3.17. The molecular weight excluding hydrogens is 629 g/mol. The maximum absolute atomic E-state index is 13.1. The number of hydrogen-bond acceptors (Lipinski definition) is 3. The lowest BCUT2D eigenvalue weighted by Crippen LogP contribution is -2.21. The van der Waals surface area contributed by atoms with Crippen LogP contribution in [0.3, 0.4) is 0 Å². The lowest BCUT2D eigenvalue weighted by atomic mass is 9.73. The predicted octanol–water partition coefficient (Wildman–Crippen LogP) is 14.8. The van der Waals surface area contributed by atoms with E-state index >= 15 is 0 Å². The standard InChI is InChI=1S/C34H48O2.C11H14S.C2H6/c1-10-33(8,22-14-16-24(3)4)25(5)17-15-23-34(9,11-2)26(6)20-21-28-27(7)31(35)29-18-12-13-19-30(29)32(28)36;1-3-7-10(2)12-11-8-5-4-6-9-11;1-2/h12-13,16-20H,10-11,14-15,21-23H2,1-9H3;3-10H,1-2H3;1-2H3/b25-17+,26-20+;7-3+;. The zero-order valence-corrected chi connectivity index (χ0v) is 34.7. The van der Waals surface area contributed by atoms with Crippen LogP contribution in [0, 0.1) is 10.8 Å². The van der Waals surface area contributed by atoms with E-state index in [0.717, 1.165) is 32.1 Å². The second kappa shape index (κ2) is 22.6. The highest BCUT2D eigenvalue weighted by Crippen LogP contribution is 2.40. The van der Waals surface area contributed by atoms with Crippen LogP contribution >= 0.6 is 11.8 Å². The molecule has 0 amide bonds. The Kier molecular flexibility index (Phi) is 20.3. The van der Waals surface area contributed by atoms with Crippen molar-refractivity contribution in [3.63, 3.8) is 0 Å². The molecule has 2 aromatic rings. The number of benzene rings is 2. The van der Waals surface area contributed by atoms with E-state index in [-0.39, 0.29) is 22.4 Å². The summed E-state index contributed by atoms with van der Waals surface area (Å²) in [6, 6.07) is 17.7. The highest BCUT2D eigenvalue weighted by Gasteiger charge is 2.30. The van der Waals surface area contributed by atoms with E-state index in [1.54, 1.807) is 19.1 Å². The van der Waals surface area contributed by atoms with Gasteiger partial charge in [-0.15, -0.1) is 11.8 Å². The quantitative estimate of drug-likeness (QED) is 0.137. The third-order valence-corrected chi connectivity index (χ3v) is 11.6. The maximum atomic E-state index is 13.1. The molecule has 3 rings (SSSR count). The first-order chi connectivity index (χ1) is 23.7. The van der Waals surface area contributed by atoms with Gasteiger partial charge >= 0.3 is 0 Å². The molecule has 0 N–H and O–H groups in total. The minimum Gasteiger partial charge on any atom is -0.289 e. The average Bonchev–Trinajstić information content (AvgIpc) is 3.11. The van der Waals surface area contributed by atoms with Gasteiger partial charge in [0.25, 0.3) is 0 Å². The fourth-order valence-electron chi connectivity index (χ4n) is 6.16. The van der Waals surface area contributed by atoms with E-state index in [4.69, 9.17) is 0 Å². The number of carbonyl (C=O) groups is 2. The summed E-state index contributed by atoms with van der Waals surface area (Å²) < 4.78 is 0. The predicted molar refractivity (Wildman–Crippen MR) is 223 cm³/mol. The van der Waals surface area contributed by atoms with Crippen LogP contribution in [-0.2, 0) is 0 Å². The number of ketones is 2. The van der Waals surface area contributed by atoms with E-state index in [9.17, 15) is 9.59 Å². The van der Waals surface area contributed by atoms with Crippen LogP contribution in [-0.4, -0.2) is 16.8 Å². The van der Waals surface area contributed by atoms with Gasteiger partial charge in [-0.1, -0.05) is 131 Å². The number of carbonyl (C=O) groups excluding carboxylic acids is 2.